The van der Waals surface area contributed by atoms with E-state index in [9.17, 15) is 9.90 Å². The fourth-order valence-electron chi connectivity index (χ4n) is 3.09. The molecule has 0 aliphatic heterocycles. The molecule has 164 valence electrons. The van der Waals surface area contributed by atoms with Crippen molar-refractivity contribution in [3.05, 3.63) is 83.4 Å². The van der Waals surface area contributed by atoms with Gasteiger partial charge in [-0.05, 0) is 59.2 Å². The van der Waals surface area contributed by atoms with Crippen LogP contribution in [0.3, 0.4) is 0 Å². The summed E-state index contributed by atoms with van der Waals surface area (Å²) in [6, 6.07) is 17.9. The minimum atomic E-state index is -0.265. The lowest BCUT2D eigenvalue weighted by Gasteiger charge is -2.12. The summed E-state index contributed by atoms with van der Waals surface area (Å²) in [5.41, 5.74) is 3.20. The second kappa shape index (κ2) is 10.7. The number of phenolic OH excluding ortho intramolecular Hbond substituents is 1. The monoisotopic (exact) mass is 431 g/mol. The van der Waals surface area contributed by atoms with Crippen LogP contribution in [0.4, 0.5) is 5.69 Å². The molecular weight excluding hydrogens is 406 g/mol. The van der Waals surface area contributed by atoms with E-state index in [-0.39, 0.29) is 11.7 Å². The average Bonchev–Trinajstić information content (AvgIpc) is 2.81. The zero-order valence-electron chi connectivity index (χ0n) is 18.2. The van der Waals surface area contributed by atoms with Crippen molar-refractivity contribution in [3.8, 4) is 23.0 Å². The number of methoxy groups -OCH3 is 3. The molecule has 3 aromatic carbocycles. The van der Waals surface area contributed by atoms with Crippen LogP contribution in [0.15, 0.2) is 66.7 Å². The first-order valence-electron chi connectivity index (χ1n) is 9.88. The minimum Gasteiger partial charge on any atom is -0.508 e. The van der Waals surface area contributed by atoms with Gasteiger partial charge in [0.2, 0.25) is 11.7 Å². The Balaban J connectivity index is 1.72. The maximum atomic E-state index is 12.2. The molecule has 0 aliphatic rings. The number of amides is 1. The molecule has 1 amide bonds. The summed E-state index contributed by atoms with van der Waals surface area (Å²) >= 11 is 0. The number of phenols is 1. The minimum absolute atomic E-state index is 0.152. The van der Waals surface area contributed by atoms with Crippen molar-refractivity contribution in [2.24, 2.45) is 0 Å². The quantitative estimate of drug-likeness (QED) is 0.377. The van der Waals surface area contributed by atoms with E-state index in [0.29, 0.717) is 22.9 Å². The van der Waals surface area contributed by atoms with Gasteiger partial charge in [0.05, 0.1) is 21.3 Å². The number of anilines is 1. The second-order valence-electron chi connectivity index (χ2n) is 6.84. The number of nitrogens with one attached hydrogen (secondary N) is 1. The van der Waals surface area contributed by atoms with Gasteiger partial charge in [0.15, 0.2) is 11.5 Å². The van der Waals surface area contributed by atoms with E-state index in [0.717, 1.165) is 16.7 Å². The highest BCUT2D eigenvalue weighted by Gasteiger charge is 2.12. The van der Waals surface area contributed by atoms with Crippen LogP contribution in [0.25, 0.3) is 18.2 Å². The normalized spacial score (nSPS) is 11.0. The number of carbonyl (C=O) groups is 1. The molecule has 0 aromatic heterocycles. The molecule has 3 rings (SSSR count). The van der Waals surface area contributed by atoms with Crippen molar-refractivity contribution >= 4 is 29.8 Å². The molecule has 0 fully saturated rings. The summed E-state index contributed by atoms with van der Waals surface area (Å²) in [6.45, 7) is 0. The summed E-state index contributed by atoms with van der Waals surface area (Å²) < 4.78 is 16.1. The third-order valence-electron chi connectivity index (χ3n) is 4.61. The third kappa shape index (κ3) is 5.92. The first-order valence-corrected chi connectivity index (χ1v) is 9.88. The zero-order chi connectivity index (χ0) is 22.9. The van der Waals surface area contributed by atoms with E-state index < -0.39 is 0 Å². The van der Waals surface area contributed by atoms with Crippen molar-refractivity contribution in [1.82, 2.24) is 0 Å². The van der Waals surface area contributed by atoms with E-state index in [1.54, 1.807) is 51.7 Å². The van der Waals surface area contributed by atoms with Crippen LogP contribution in [0, 0.1) is 0 Å². The molecule has 6 nitrogen and oxygen atoms in total. The lowest BCUT2D eigenvalue weighted by molar-refractivity contribution is -0.111. The fourth-order valence-corrected chi connectivity index (χ4v) is 3.09. The Labute approximate surface area is 187 Å². The molecule has 0 aliphatic carbocycles. The standard InChI is InChI=1S/C26H25NO5/c1-30-23-16-20(17-24(31-2)26(23)32-3)11-10-18-6-4-8-21(14-18)27-25(29)13-12-19-7-5-9-22(28)15-19/h4-17,28H,1-3H3,(H,27,29)/b11-10+,13-12+. The van der Waals surface area contributed by atoms with Gasteiger partial charge in [0.25, 0.3) is 0 Å². The van der Waals surface area contributed by atoms with E-state index >= 15 is 0 Å². The summed E-state index contributed by atoms with van der Waals surface area (Å²) in [4.78, 5) is 12.2. The molecule has 0 unspecified atom stereocenters. The number of carbonyl (C=O) groups excluding carboxylic acids is 1. The van der Waals surface area contributed by atoms with Crippen molar-refractivity contribution in [3.63, 3.8) is 0 Å². The third-order valence-corrected chi connectivity index (χ3v) is 4.61. The number of hydrogen-bond acceptors (Lipinski definition) is 5. The van der Waals surface area contributed by atoms with Crippen molar-refractivity contribution in [2.75, 3.05) is 26.6 Å². The van der Waals surface area contributed by atoms with Crippen LogP contribution in [0.1, 0.15) is 16.7 Å². The van der Waals surface area contributed by atoms with Crippen molar-refractivity contribution in [1.29, 1.82) is 0 Å². The smallest absolute Gasteiger partial charge is 0.248 e. The van der Waals surface area contributed by atoms with E-state index in [4.69, 9.17) is 14.2 Å². The topological polar surface area (TPSA) is 77.0 Å². The van der Waals surface area contributed by atoms with Crippen LogP contribution in [0.5, 0.6) is 23.0 Å². The number of hydrogen-bond donors (Lipinski definition) is 2. The van der Waals surface area contributed by atoms with Gasteiger partial charge in [-0.1, -0.05) is 36.4 Å². The van der Waals surface area contributed by atoms with Gasteiger partial charge in [-0.2, -0.15) is 0 Å². The average molecular weight is 431 g/mol. The molecule has 0 saturated carbocycles. The molecule has 6 heteroatoms. The Morgan fingerprint density at radius 3 is 2.03 bits per heavy atom. The Morgan fingerprint density at radius 2 is 1.41 bits per heavy atom. The molecule has 0 bridgehead atoms. The molecular formula is C26H25NO5. The Bertz CT molecular complexity index is 1130. The van der Waals surface area contributed by atoms with Crippen LogP contribution in [-0.2, 0) is 4.79 Å². The lowest BCUT2D eigenvalue weighted by Crippen LogP contribution is -2.07. The highest BCUT2D eigenvalue weighted by atomic mass is 16.5. The van der Waals surface area contributed by atoms with Gasteiger partial charge in [0, 0.05) is 11.8 Å². The largest absolute Gasteiger partial charge is 0.508 e. The number of benzene rings is 3. The highest BCUT2D eigenvalue weighted by molar-refractivity contribution is 6.02. The molecule has 0 spiro atoms. The maximum absolute atomic E-state index is 12.2. The molecule has 0 saturated heterocycles. The molecule has 3 aromatic rings. The fraction of sp³-hybridized carbons (Fsp3) is 0.115. The zero-order valence-corrected chi connectivity index (χ0v) is 18.2. The maximum Gasteiger partial charge on any atom is 0.248 e. The Morgan fingerprint density at radius 1 is 0.781 bits per heavy atom. The van der Waals surface area contributed by atoms with Crippen molar-refractivity contribution in [2.45, 2.75) is 0 Å². The second-order valence-corrected chi connectivity index (χ2v) is 6.84. The predicted octanol–water partition coefficient (Wildman–Crippen LogP) is 5.24. The first-order chi connectivity index (χ1) is 15.5. The van der Waals surface area contributed by atoms with Gasteiger partial charge in [-0.25, -0.2) is 0 Å². The molecule has 2 N–H and O–H groups in total. The molecule has 0 atom stereocenters. The van der Waals surface area contributed by atoms with E-state index in [1.807, 2.05) is 48.6 Å². The summed E-state index contributed by atoms with van der Waals surface area (Å²) in [7, 11) is 4.71. The van der Waals surface area contributed by atoms with Gasteiger partial charge in [-0.15, -0.1) is 0 Å². The van der Waals surface area contributed by atoms with Crippen LogP contribution in [0.2, 0.25) is 0 Å². The highest BCUT2D eigenvalue weighted by Crippen LogP contribution is 2.38. The van der Waals surface area contributed by atoms with Crippen LogP contribution >= 0.6 is 0 Å². The number of ether oxygens (including phenoxy) is 3. The van der Waals surface area contributed by atoms with Gasteiger partial charge >= 0.3 is 0 Å². The van der Waals surface area contributed by atoms with Gasteiger partial charge in [0.1, 0.15) is 5.75 Å². The van der Waals surface area contributed by atoms with Crippen LogP contribution < -0.4 is 19.5 Å². The summed E-state index contributed by atoms with van der Waals surface area (Å²) in [5, 5.41) is 12.3. The van der Waals surface area contributed by atoms with Crippen LogP contribution in [-0.4, -0.2) is 32.3 Å². The summed E-state index contributed by atoms with van der Waals surface area (Å²) in [5.74, 6) is 1.57. The summed E-state index contributed by atoms with van der Waals surface area (Å²) in [6.07, 6.45) is 6.92. The Hall–Kier alpha value is -4.19. The predicted molar refractivity (Wildman–Crippen MR) is 127 cm³/mol. The van der Waals surface area contributed by atoms with E-state index in [1.165, 1.54) is 6.08 Å². The SMILES string of the molecule is COc1cc(/C=C/c2cccc(NC(=O)/C=C/c3cccc(O)c3)c2)cc(OC)c1OC. The molecule has 0 heterocycles. The molecule has 32 heavy (non-hydrogen) atoms. The van der Waals surface area contributed by atoms with Crippen molar-refractivity contribution < 1.29 is 24.1 Å². The van der Waals surface area contributed by atoms with Gasteiger partial charge < -0.3 is 24.6 Å². The lowest BCUT2D eigenvalue weighted by atomic mass is 10.1. The Kier molecular flexibility index (Phi) is 7.54. The van der Waals surface area contributed by atoms with E-state index in [2.05, 4.69) is 5.32 Å². The molecule has 0 radical (unpaired) electrons. The first kappa shape index (κ1) is 22.5. The van der Waals surface area contributed by atoms with Gasteiger partial charge in [-0.3, -0.25) is 4.79 Å². The number of rotatable bonds is 8. The number of aromatic hydroxyl groups is 1.